The molecule has 0 fully saturated rings. The number of nitrogens with zero attached hydrogens (tertiary/aromatic N) is 1. The van der Waals surface area contributed by atoms with E-state index in [2.05, 4.69) is 19.1 Å². The number of rotatable bonds is 3. The van der Waals surface area contributed by atoms with Crippen molar-refractivity contribution in [1.82, 2.24) is 5.06 Å². The second-order valence-corrected chi connectivity index (χ2v) is 4.19. The molecule has 2 rings (SSSR count). The average molecular weight is 240 g/mol. The van der Waals surface area contributed by atoms with Gasteiger partial charge >= 0.3 is 0 Å². The van der Waals surface area contributed by atoms with Crippen LogP contribution >= 0.6 is 11.6 Å². The Kier molecular flexibility index (Phi) is 3.49. The molecule has 86 valence electrons. The summed E-state index contributed by atoms with van der Waals surface area (Å²) in [5.74, 6) is 0. The van der Waals surface area contributed by atoms with Crippen LogP contribution in [0.2, 0.25) is 0 Å². The summed E-state index contributed by atoms with van der Waals surface area (Å²) in [5, 5.41) is 2.37. The van der Waals surface area contributed by atoms with Crippen LogP contribution < -0.4 is 0 Å². The van der Waals surface area contributed by atoms with Crippen LogP contribution in [0, 0.1) is 6.92 Å². The molecule has 16 heavy (non-hydrogen) atoms. The summed E-state index contributed by atoms with van der Waals surface area (Å²) in [4.78, 5) is 5.32. The Labute approximate surface area is 100 Å². The average Bonchev–Trinajstić information content (AvgIpc) is 2.62. The van der Waals surface area contributed by atoms with Gasteiger partial charge in [-0.05, 0) is 12.5 Å². The van der Waals surface area contributed by atoms with Crippen LogP contribution in [0.5, 0.6) is 0 Å². The molecule has 1 atom stereocenters. The SMILES string of the molecule is COCN1OC=C(Cl)C1c1ccc(C)cc1. The molecular weight excluding hydrogens is 226 g/mol. The standard InChI is InChI=1S/C12H14ClNO2/c1-9-3-5-10(6-4-9)12-11(13)7-16-14(12)8-15-2/h3-7,12H,8H2,1-2H3. The molecule has 1 aromatic carbocycles. The Morgan fingerprint density at radius 3 is 2.69 bits per heavy atom. The van der Waals surface area contributed by atoms with Crippen LogP contribution in [-0.4, -0.2) is 18.9 Å². The van der Waals surface area contributed by atoms with Crippen molar-refractivity contribution in [2.45, 2.75) is 13.0 Å². The number of ether oxygens (including phenoxy) is 1. The largest absolute Gasteiger partial charge is 0.409 e. The Bertz CT molecular complexity index is 389. The van der Waals surface area contributed by atoms with Crippen molar-refractivity contribution < 1.29 is 9.57 Å². The van der Waals surface area contributed by atoms with Gasteiger partial charge in [-0.1, -0.05) is 41.4 Å². The molecule has 1 heterocycles. The van der Waals surface area contributed by atoms with E-state index in [9.17, 15) is 0 Å². The van der Waals surface area contributed by atoms with E-state index in [1.807, 2.05) is 12.1 Å². The van der Waals surface area contributed by atoms with Gasteiger partial charge < -0.3 is 9.57 Å². The summed E-state index contributed by atoms with van der Waals surface area (Å²) in [7, 11) is 1.63. The molecule has 1 aliphatic rings. The molecule has 1 aliphatic heterocycles. The molecule has 0 saturated heterocycles. The number of benzene rings is 1. The minimum atomic E-state index is -0.0674. The molecule has 1 aromatic rings. The Morgan fingerprint density at radius 1 is 1.38 bits per heavy atom. The van der Waals surface area contributed by atoms with Crippen molar-refractivity contribution in [3.05, 3.63) is 46.7 Å². The van der Waals surface area contributed by atoms with Crippen LogP contribution in [-0.2, 0) is 9.57 Å². The lowest BCUT2D eigenvalue weighted by Crippen LogP contribution is -2.25. The van der Waals surface area contributed by atoms with Crippen molar-refractivity contribution in [2.24, 2.45) is 0 Å². The maximum absolute atomic E-state index is 6.12. The normalized spacial score (nSPS) is 20.7. The first kappa shape index (κ1) is 11.5. The van der Waals surface area contributed by atoms with E-state index in [0.29, 0.717) is 11.8 Å². The highest BCUT2D eigenvalue weighted by Crippen LogP contribution is 2.36. The third kappa shape index (κ3) is 2.21. The maximum atomic E-state index is 6.12. The van der Waals surface area contributed by atoms with Crippen LogP contribution in [0.15, 0.2) is 35.6 Å². The van der Waals surface area contributed by atoms with Crippen LogP contribution in [0.4, 0.5) is 0 Å². The summed E-state index contributed by atoms with van der Waals surface area (Å²) < 4.78 is 5.06. The third-order valence-electron chi connectivity index (χ3n) is 2.50. The molecule has 1 unspecified atom stereocenters. The number of hydrogen-bond acceptors (Lipinski definition) is 3. The summed E-state index contributed by atoms with van der Waals surface area (Å²) in [6, 6.07) is 8.15. The Balaban J connectivity index is 2.23. The summed E-state index contributed by atoms with van der Waals surface area (Å²) in [5.41, 5.74) is 2.32. The summed E-state index contributed by atoms with van der Waals surface area (Å²) in [6.07, 6.45) is 1.55. The van der Waals surface area contributed by atoms with Crippen molar-refractivity contribution in [1.29, 1.82) is 0 Å². The molecule has 4 heteroatoms. The van der Waals surface area contributed by atoms with Gasteiger partial charge in [-0.25, -0.2) is 0 Å². The fourth-order valence-corrected chi connectivity index (χ4v) is 1.96. The van der Waals surface area contributed by atoms with E-state index in [4.69, 9.17) is 21.2 Å². The van der Waals surface area contributed by atoms with Gasteiger partial charge in [-0.15, -0.1) is 5.06 Å². The number of aryl methyl sites for hydroxylation is 1. The zero-order valence-corrected chi connectivity index (χ0v) is 10.1. The highest BCUT2D eigenvalue weighted by atomic mass is 35.5. The zero-order valence-electron chi connectivity index (χ0n) is 9.31. The second kappa shape index (κ2) is 4.87. The van der Waals surface area contributed by atoms with Gasteiger partial charge in [-0.3, -0.25) is 0 Å². The lowest BCUT2D eigenvalue weighted by Gasteiger charge is -2.22. The topological polar surface area (TPSA) is 21.7 Å². The monoisotopic (exact) mass is 239 g/mol. The molecule has 0 saturated carbocycles. The first-order valence-electron chi connectivity index (χ1n) is 5.07. The van der Waals surface area contributed by atoms with E-state index < -0.39 is 0 Å². The second-order valence-electron chi connectivity index (χ2n) is 3.76. The quantitative estimate of drug-likeness (QED) is 0.810. The molecule has 0 amide bonds. The van der Waals surface area contributed by atoms with E-state index in [1.165, 1.54) is 5.56 Å². The maximum Gasteiger partial charge on any atom is 0.133 e. The minimum Gasteiger partial charge on any atom is -0.409 e. The van der Waals surface area contributed by atoms with Gasteiger partial charge in [0.05, 0.1) is 5.03 Å². The van der Waals surface area contributed by atoms with Gasteiger partial charge in [0.25, 0.3) is 0 Å². The molecular formula is C12H14ClNO2. The van der Waals surface area contributed by atoms with Crippen molar-refractivity contribution in [3.8, 4) is 0 Å². The van der Waals surface area contributed by atoms with Crippen molar-refractivity contribution in [3.63, 3.8) is 0 Å². The molecule has 0 aromatic heterocycles. The van der Waals surface area contributed by atoms with Gasteiger partial charge in [0.15, 0.2) is 0 Å². The van der Waals surface area contributed by atoms with E-state index in [1.54, 1.807) is 18.4 Å². The predicted octanol–water partition coefficient (Wildman–Crippen LogP) is 2.97. The minimum absolute atomic E-state index is 0.0674. The number of hydrogen-bond donors (Lipinski definition) is 0. The highest BCUT2D eigenvalue weighted by molar-refractivity contribution is 6.30. The summed E-state index contributed by atoms with van der Waals surface area (Å²) >= 11 is 6.12. The van der Waals surface area contributed by atoms with Crippen molar-refractivity contribution in [2.75, 3.05) is 13.8 Å². The lowest BCUT2D eigenvalue weighted by atomic mass is 10.1. The molecule has 3 nitrogen and oxygen atoms in total. The van der Waals surface area contributed by atoms with Gasteiger partial charge in [-0.2, -0.15) is 0 Å². The van der Waals surface area contributed by atoms with Gasteiger partial charge in [0.1, 0.15) is 19.0 Å². The first-order chi connectivity index (χ1) is 7.72. The van der Waals surface area contributed by atoms with Crippen LogP contribution in [0.1, 0.15) is 17.2 Å². The van der Waals surface area contributed by atoms with E-state index >= 15 is 0 Å². The fraction of sp³-hybridized carbons (Fsp3) is 0.333. The van der Waals surface area contributed by atoms with Crippen LogP contribution in [0.25, 0.3) is 0 Å². The third-order valence-corrected chi connectivity index (χ3v) is 2.80. The Hall–Kier alpha value is -1.03. The molecule has 0 spiro atoms. The fourth-order valence-electron chi connectivity index (χ4n) is 1.69. The molecule has 0 aliphatic carbocycles. The number of methoxy groups -OCH3 is 1. The van der Waals surface area contributed by atoms with E-state index in [-0.39, 0.29) is 6.04 Å². The smallest absolute Gasteiger partial charge is 0.133 e. The zero-order chi connectivity index (χ0) is 11.5. The van der Waals surface area contributed by atoms with Crippen molar-refractivity contribution >= 4 is 11.6 Å². The molecule has 0 radical (unpaired) electrons. The van der Waals surface area contributed by atoms with E-state index in [0.717, 1.165) is 5.56 Å². The predicted molar refractivity (Wildman–Crippen MR) is 62.7 cm³/mol. The number of halogens is 1. The highest BCUT2D eigenvalue weighted by Gasteiger charge is 2.30. The lowest BCUT2D eigenvalue weighted by molar-refractivity contribution is -0.162. The van der Waals surface area contributed by atoms with Gasteiger partial charge in [0.2, 0.25) is 0 Å². The molecule has 0 bridgehead atoms. The molecule has 0 N–H and O–H groups in total. The number of hydroxylamine groups is 2. The van der Waals surface area contributed by atoms with Gasteiger partial charge in [0, 0.05) is 7.11 Å². The van der Waals surface area contributed by atoms with Crippen LogP contribution in [0.3, 0.4) is 0 Å². The first-order valence-corrected chi connectivity index (χ1v) is 5.44. The Morgan fingerprint density at radius 2 is 2.06 bits per heavy atom. The summed E-state index contributed by atoms with van der Waals surface area (Å²) in [6.45, 7) is 2.44.